The van der Waals surface area contributed by atoms with Crippen molar-refractivity contribution < 1.29 is 31.0 Å². The molecule has 0 aliphatic rings. The van der Waals surface area contributed by atoms with Gasteiger partial charge in [-0.25, -0.2) is 0 Å². The Morgan fingerprint density at radius 3 is 1.50 bits per heavy atom. The van der Waals surface area contributed by atoms with Gasteiger partial charge < -0.3 is 14.2 Å². The number of methoxy groups -OCH3 is 2. The molecule has 0 aliphatic heterocycles. The van der Waals surface area contributed by atoms with Gasteiger partial charge in [0.15, 0.2) is 0 Å². The zero-order valence-electron chi connectivity index (χ0n) is 6.39. The number of rotatable bonds is 6. The smallest absolute Gasteiger partial charge is 0.0701 e. The standard InChI is InChI=1S/C6H14O3.Co/c1-7-3-5-9-6-4-8-2;/h3-6H2,1-2H3;. The summed E-state index contributed by atoms with van der Waals surface area (Å²) in [6.07, 6.45) is 0. The molecular formula is C6H14CoO3. The average Bonchev–Trinajstić information content (AvgIpc) is 1.89. The van der Waals surface area contributed by atoms with E-state index in [1.54, 1.807) is 14.2 Å². The van der Waals surface area contributed by atoms with E-state index >= 15 is 0 Å². The Morgan fingerprint density at radius 2 is 1.20 bits per heavy atom. The van der Waals surface area contributed by atoms with Gasteiger partial charge in [0.1, 0.15) is 0 Å². The molecule has 0 aromatic carbocycles. The summed E-state index contributed by atoms with van der Waals surface area (Å²) >= 11 is 0. The molecule has 0 aliphatic carbocycles. The molecule has 0 unspecified atom stereocenters. The van der Waals surface area contributed by atoms with E-state index in [-0.39, 0.29) is 16.8 Å². The van der Waals surface area contributed by atoms with Gasteiger partial charge in [0, 0.05) is 31.0 Å². The number of ether oxygens (including phenoxy) is 3. The van der Waals surface area contributed by atoms with Crippen molar-refractivity contribution in [1.29, 1.82) is 0 Å². The number of hydrogen-bond acceptors (Lipinski definition) is 3. The van der Waals surface area contributed by atoms with E-state index in [9.17, 15) is 0 Å². The molecule has 0 aromatic heterocycles. The van der Waals surface area contributed by atoms with Gasteiger partial charge in [-0.3, -0.25) is 0 Å². The van der Waals surface area contributed by atoms with Crippen molar-refractivity contribution in [3.8, 4) is 0 Å². The molecule has 0 rings (SSSR count). The van der Waals surface area contributed by atoms with Crippen LogP contribution in [0.25, 0.3) is 0 Å². The fraction of sp³-hybridized carbons (Fsp3) is 1.00. The molecule has 0 bridgehead atoms. The SMILES string of the molecule is COCCOCCOC.[Co]. The van der Waals surface area contributed by atoms with Gasteiger partial charge in [0.25, 0.3) is 0 Å². The first kappa shape index (κ1) is 13.0. The Hall–Kier alpha value is 0.386. The summed E-state index contributed by atoms with van der Waals surface area (Å²) in [5, 5.41) is 0. The summed E-state index contributed by atoms with van der Waals surface area (Å²) in [6.45, 7) is 2.62. The van der Waals surface area contributed by atoms with Gasteiger partial charge in [0.05, 0.1) is 26.4 Å². The van der Waals surface area contributed by atoms with Crippen LogP contribution in [0.4, 0.5) is 0 Å². The molecule has 0 amide bonds. The van der Waals surface area contributed by atoms with Crippen LogP contribution in [0.2, 0.25) is 0 Å². The second kappa shape index (κ2) is 12.1. The molecule has 10 heavy (non-hydrogen) atoms. The zero-order valence-corrected chi connectivity index (χ0v) is 7.43. The van der Waals surface area contributed by atoms with Crippen molar-refractivity contribution >= 4 is 0 Å². The van der Waals surface area contributed by atoms with Crippen molar-refractivity contribution in [3.63, 3.8) is 0 Å². The predicted molar refractivity (Wildman–Crippen MR) is 34.6 cm³/mol. The molecule has 0 atom stereocenters. The van der Waals surface area contributed by atoms with Gasteiger partial charge in [-0.1, -0.05) is 0 Å². The topological polar surface area (TPSA) is 27.7 Å². The van der Waals surface area contributed by atoms with Gasteiger partial charge in [-0.2, -0.15) is 0 Å². The Labute approximate surface area is 72.2 Å². The third-order valence-corrected chi connectivity index (χ3v) is 0.864. The van der Waals surface area contributed by atoms with Crippen LogP contribution in [0, 0.1) is 0 Å². The minimum atomic E-state index is 0. The molecule has 0 spiro atoms. The summed E-state index contributed by atoms with van der Waals surface area (Å²) in [5.74, 6) is 0. The van der Waals surface area contributed by atoms with Gasteiger partial charge >= 0.3 is 0 Å². The van der Waals surface area contributed by atoms with Crippen molar-refractivity contribution in [2.45, 2.75) is 0 Å². The largest absolute Gasteiger partial charge is 0.382 e. The molecule has 4 heteroatoms. The summed E-state index contributed by atoms with van der Waals surface area (Å²) in [6, 6.07) is 0. The predicted octanol–water partition coefficient (Wildman–Crippen LogP) is 0.293. The number of hydrogen-bond donors (Lipinski definition) is 0. The average molecular weight is 193 g/mol. The first-order chi connectivity index (χ1) is 4.41. The van der Waals surface area contributed by atoms with Crippen LogP contribution in [0.5, 0.6) is 0 Å². The molecule has 1 radical (unpaired) electrons. The molecule has 0 fully saturated rings. The summed E-state index contributed by atoms with van der Waals surface area (Å²) < 4.78 is 14.6. The molecular weight excluding hydrogens is 179 g/mol. The third-order valence-electron chi connectivity index (χ3n) is 0.864. The maximum absolute atomic E-state index is 5.06. The van der Waals surface area contributed by atoms with Crippen LogP contribution >= 0.6 is 0 Å². The van der Waals surface area contributed by atoms with E-state index < -0.39 is 0 Å². The van der Waals surface area contributed by atoms with Crippen LogP contribution in [0.3, 0.4) is 0 Å². The Bertz CT molecular complexity index is 46.3. The minimum absolute atomic E-state index is 0. The summed E-state index contributed by atoms with van der Waals surface area (Å²) in [4.78, 5) is 0. The van der Waals surface area contributed by atoms with Gasteiger partial charge in [-0.15, -0.1) is 0 Å². The van der Waals surface area contributed by atoms with Crippen molar-refractivity contribution in [3.05, 3.63) is 0 Å². The second-order valence-electron chi connectivity index (χ2n) is 1.60. The van der Waals surface area contributed by atoms with Gasteiger partial charge in [-0.05, 0) is 0 Å². The Morgan fingerprint density at radius 1 is 0.800 bits per heavy atom. The minimum Gasteiger partial charge on any atom is -0.382 e. The first-order valence-corrected chi connectivity index (χ1v) is 2.97. The van der Waals surface area contributed by atoms with Crippen molar-refractivity contribution in [2.75, 3.05) is 40.6 Å². The summed E-state index contributed by atoms with van der Waals surface area (Å²) in [5.41, 5.74) is 0. The molecule has 0 aromatic rings. The fourth-order valence-electron chi connectivity index (χ4n) is 0.387. The van der Waals surface area contributed by atoms with Crippen LogP contribution in [0.15, 0.2) is 0 Å². The maximum Gasteiger partial charge on any atom is 0.0701 e. The second-order valence-corrected chi connectivity index (χ2v) is 1.60. The molecule has 3 nitrogen and oxygen atoms in total. The van der Waals surface area contributed by atoms with Gasteiger partial charge in [0.2, 0.25) is 0 Å². The van der Waals surface area contributed by atoms with E-state index in [4.69, 9.17) is 14.2 Å². The van der Waals surface area contributed by atoms with Crippen LogP contribution in [-0.4, -0.2) is 40.6 Å². The maximum atomic E-state index is 5.06. The van der Waals surface area contributed by atoms with E-state index in [2.05, 4.69) is 0 Å². The first-order valence-electron chi connectivity index (χ1n) is 2.97. The molecule has 65 valence electrons. The van der Waals surface area contributed by atoms with E-state index in [0.717, 1.165) is 0 Å². The molecule has 0 heterocycles. The van der Waals surface area contributed by atoms with Crippen LogP contribution < -0.4 is 0 Å². The molecule has 0 N–H and O–H groups in total. The fourth-order valence-corrected chi connectivity index (χ4v) is 0.387. The normalized spacial score (nSPS) is 9.00. The third kappa shape index (κ3) is 11.2. The van der Waals surface area contributed by atoms with E-state index in [0.29, 0.717) is 26.4 Å². The summed E-state index contributed by atoms with van der Waals surface area (Å²) in [7, 11) is 3.30. The monoisotopic (exact) mass is 193 g/mol. The quantitative estimate of drug-likeness (QED) is 0.567. The van der Waals surface area contributed by atoms with Crippen LogP contribution in [0.1, 0.15) is 0 Å². The Balaban J connectivity index is 0. The van der Waals surface area contributed by atoms with Crippen molar-refractivity contribution in [2.24, 2.45) is 0 Å². The molecule has 0 saturated carbocycles. The van der Waals surface area contributed by atoms with E-state index in [1.807, 2.05) is 0 Å². The van der Waals surface area contributed by atoms with E-state index in [1.165, 1.54) is 0 Å². The molecule has 0 saturated heterocycles. The zero-order chi connectivity index (χ0) is 6.95. The Kier molecular flexibility index (Phi) is 15.7. The van der Waals surface area contributed by atoms with Crippen LogP contribution in [-0.2, 0) is 31.0 Å². The van der Waals surface area contributed by atoms with Crippen molar-refractivity contribution in [1.82, 2.24) is 0 Å².